The summed E-state index contributed by atoms with van der Waals surface area (Å²) in [7, 11) is 5.33. The lowest BCUT2D eigenvalue weighted by atomic mass is 9.95. The average molecular weight is 291 g/mol. The minimum atomic E-state index is -0.141. The Morgan fingerprint density at radius 3 is 2.35 bits per heavy atom. The van der Waals surface area contributed by atoms with E-state index in [-0.39, 0.29) is 17.8 Å². The van der Waals surface area contributed by atoms with Crippen molar-refractivity contribution in [2.24, 2.45) is 11.8 Å². The molecule has 1 aliphatic carbocycles. The van der Waals surface area contributed by atoms with Gasteiger partial charge in [-0.2, -0.15) is 0 Å². The summed E-state index contributed by atoms with van der Waals surface area (Å²) in [5.41, 5.74) is 1.28. The van der Waals surface area contributed by atoms with Gasteiger partial charge >= 0.3 is 5.97 Å². The Hall–Kier alpha value is -1.42. The van der Waals surface area contributed by atoms with Crippen molar-refractivity contribution in [2.75, 3.05) is 21.2 Å². The van der Waals surface area contributed by atoms with E-state index in [0.717, 1.165) is 17.8 Å². The number of methoxy groups -OCH3 is 1. The SMILES string of the molecule is COC(=O)[C@@H]1C[C@H](c2ccccc2)C[C@@H]1C(=S)N(C)C. The van der Waals surface area contributed by atoms with Gasteiger partial charge in [-0.05, 0) is 24.3 Å². The highest BCUT2D eigenvalue weighted by Gasteiger charge is 2.42. The third kappa shape index (κ3) is 3.01. The molecule has 1 aromatic carbocycles. The van der Waals surface area contributed by atoms with Gasteiger partial charge in [-0.3, -0.25) is 4.79 Å². The molecule has 20 heavy (non-hydrogen) atoms. The fourth-order valence-electron chi connectivity index (χ4n) is 3.05. The fraction of sp³-hybridized carbons (Fsp3) is 0.500. The number of nitrogens with zero attached hydrogens (tertiary/aromatic N) is 1. The normalized spacial score (nSPS) is 25.2. The molecular formula is C16H21NO2S. The van der Waals surface area contributed by atoms with Gasteiger partial charge in [0, 0.05) is 20.0 Å². The molecule has 3 atom stereocenters. The van der Waals surface area contributed by atoms with E-state index in [0.29, 0.717) is 5.92 Å². The zero-order chi connectivity index (χ0) is 14.7. The van der Waals surface area contributed by atoms with Crippen LogP contribution in [0.25, 0.3) is 0 Å². The molecule has 0 spiro atoms. The van der Waals surface area contributed by atoms with E-state index in [9.17, 15) is 4.79 Å². The van der Waals surface area contributed by atoms with Gasteiger partial charge in [0.05, 0.1) is 18.0 Å². The van der Waals surface area contributed by atoms with Gasteiger partial charge in [0.15, 0.2) is 0 Å². The first-order valence-corrected chi connectivity index (χ1v) is 7.29. The van der Waals surface area contributed by atoms with Crippen LogP contribution in [0.5, 0.6) is 0 Å². The smallest absolute Gasteiger partial charge is 0.309 e. The molecular weight excluding hydrogens is 270 g/mol. The second-order valence-corrected chi connectivity index (χ2v) is 5.97. The number of carbonyl (C=O) groups excluding carboxylic acids is 1. The molecule has 108 valence electrons. The summed E-state index contributed by atoms with van der Waals surface area (Å²) in [5.74, 6) is 0.207. The van der Waals surface area contributed by atoms with Crippen molar-refractivity contribution in [2.45, 2.75) is 18.8 Å². The van der Waals surface area contributed by atoms with E-state index in [4.69, 9.17) is 17.0 Å². The van der Waals surface area contributed by atoms with E-state index in [1.54, 1.807) is 0 Å². The van der Waals surface area contributed by atoms with Crippen molar-refractivity contribution in [1.82, 2.24) is 4.90 Å². The number of carbonyl (C=O) groups is 1. The molecule has 0 radical (unpaired) electrons. The highest BCUT2D eigenvalue weighted by Crippen LogP contribution is 2.44. The second kappa shape index (κ2) is 6.35. The highest BCUT2D eigenvalue weighted by atomic mass is 32.1. The average Bonchev–Trinajstić information content (AvgIpc) is 2.91. The van der Waals surface area contributed by atoms with Gasteiger partial charge in [0.25, 0.3) is 0 Å². The molecule has 0 amide bonds. The molecule has 2 rings (SSSR count). The number of hydrogen-bond acceptors (Lipinski definition) is 3. The predicted octanol–water partition coefficient (Wildman–Crippen LogP) is 2.86. The summed E-state index contributed by atoms with van der Waals surface area (Å²) in [6.45, 7) is 0. The monoisotopic (exact) mass is 291 g/mol. The van der Waals surface area contributed by atoms with E-state index in [2.05, 4.69) is 12.1 Å². The Bertz CT molecular complexity index is 487. The van der Waals surface area contributed by atoms with Gasteiger partial charge in [0.1, 0.15) is 0 Å². The number of esters is 1. The van der Waals surface area contributed by atoms with Crippen LogP contribution in [0.4, 0.5) is 0 Å². The standard InChI is InChI=1S/C16H21NO2S/c1-17(2)15(20)13-9-12(10-14(13)16(18)19-3)11-7-5-4-6-8-11/h4-8,12-14H,9-10H2,1-3H3/t12-,13+,14-/m1/s1. The van der Waals surface area contributed by atoms with Gasteiger partial charge in [-0.1, -0.05) is 42.5 Å². The van der Waals surface area contributed by atoms with Crippen LogP contribution in [0.2, 0.25) is 0 Å². The molecule has 1 saturated carbocycles. The van der Waals surface area contributed by atoms with Gasteiger partial charge in [-0.25, -0.2) is 0 Å². The Morgan fingerprint density at radius 1 is 1.20 bits per heavy atom. The van der Waals surface area contributed by atoms with Crippen molar-refractivity contribution in [3.8, 4) is 0 Å². The van der Waals surface area contributed by atoms with E-state index >= 15 is 0 Å². The van der Waals surface area contributed by atoms with Gasteiger partial charge in [-0.15, -0.1) is 0 Å². The van der Waals surface area contributed by atoms with Gasteiger partial charge < -0.3 is 9.64 Å². The van der Waals surface area contributed by atoms with Crippen molar-refractivity contribution in [3.63, 3.8) is 0 Å². The predicted molar refractivity (Wildman–Crippen MR) is 83.7 cm³/mol. The quantitative estimate of drug-likeness (QED) is 0.632. The molecule has 0 bridgehead atoms. The first kappa shape index (κ1) is 15.0. The Labute approximate surface area is 125 Å². The summed E-state index contributed by atoms with van der Waals surface area (Å²) >= 11 is 5.50. The van der Waals surface area contributed by atoms with Crippen molar-refractivity contribution >= 4 is 23.2 Å². The summed E-state index contributed by atoms with van der Waals surface area (Å²) in [6, 6.07) is 10.3. The molecule has 4 heteroatoms. The zero-order valence-electron chi connectivity index (χ0n) is 12.2. The third-order valence-electron chi connectivity index (χ3n) is 4.10. The van der Waals surface area contributed by atoms with Crippen molar-refractivity contribution in [3.05, 3.63) is 35.9 Å². The van der Waals surface area contributed by atoms with Crippen LogP contribution in [-0.4, -0.2) is 37.1 Å². The summed E-state index contributed by atoms with van der Waals surface area (Å²) < 4.78 is 4.96. The number of ether oxygens (including phenoxy) is 1. The topological polar surface area (TPSA) is 29.5 Å². The number of hydrogen-bond donors (Lipinski definition) is 0. The van der Waals surface area contributed by atoms with Crippen LogP contribution in [0.15, 0.2) is 30.3 Å². The largest absolute Gasteiger partial charge is 0.469 e. The summed E-state index contributed by atoms with van der Waals surface area (Å²) in [5, 5.41) is 0. The molecule has 1 aromatic rings. The molecule has 0 saturated heterocycles. The molecule has 1 aliphatic rings. The van der Waals surface area contributed by atoms with Gasteiger partial charge in [0.2, 0.25) is 0 Å². The summed E-state index contributed by atoms with van der Waals surface area (Å²) in [6.07, 6.45) is 1.73. The molecule has 1 fully saturated rings. The zero-order valence-corrected chi connectivity index (χ0v) is 13.0. The van der Waals surface area contributed by atoms with Crippen LogP contribution in [0.1, 0.15) is 24.3 Å². The molecule has 0 unspecified atom stereocenters. The van der Waals surface area contributed by atoms with Crippen LogP contribution >= 0.6 is 12.2 Å². The Balaban J connectivity index is 2.22. The fourth-order valence-corrected chi connectivity index (χ4v) is 3.31. The number of rotatable bonds is 3. The minimum Gasteiger partial charge on any atom is -0.469 e. The van der Waals surface area contributed by atoms with Crippen molar-refractivity contribution < 1.29 is 9.53 Å². The van der Waals surface area contributed by atoms with Crippen LogP contribution in [-0.2, 0) is 9.53 Å². The lowest BCUT2D eigenvalue weighted by molar-refractivity contribution is -0.145. The lowest BCUT2D eigenvalue weighted by Gasteiger charge is -2.23. The highest BCUT2D eigenvalue weighted by molar-refractivity contribution is 7.80. The maximum atomic E-state index is 12.0. The van der Waals surface area contributed by atoms with E-state index < -0.39 is 0 Å². The first-order chi connectivity index (χ1) is 9.54. The molecule has 0 aromatic heterocycles. The van der Waals surface area contributed by atoms with E-state index in [1.165, 1.54) is 12.7 Å². The van der Waals surface area contributed by atoms with Crippen LogP contribution < -0.4 is 0 Å². The summed E-state index contributed by atoms with van der Waals surface area (Å²) in [4.78, 5) is 14.8. The molecule has 0 heterocycles. The first-order valence-electron chi connectivity index (χ1n) is 6.88. The maximum Gasteiger partial charge on any atom is 0.309 e. The second-order valence-electron chi connectivity index (χ2n) is 5.55. The maximum absolute atomic E-state index is 12.0. The lowest BCUT2D eigenvalue weighted by Crippen LogP contribution is -2.33. The molecule has 3 nitrogen and oxygen atoms in total. The molecule has 0 aliphatic heterocycles. The third-order valence-corrected chi connectivity index (χ3v) is 4.76. The number of benzene rings is 1. The van der Waals surface area contributed by atoms with Crippen molar-refractivity contribution in [1.29, 1.82) is 0 Å². The Morgan fingerprint density at radius 2 is 1.80 bits per heavy atom. The Kier molecular flexibility index (Phi) is 4.76. The van der Waals surface area contributed by atoms with Crippen LogP contribution in [0, 0.1) is 11.8 Å². The minimum absolute atomic E-state index is 0.0951. The van der Waals surface area contributed by atoms with E-state index in [1.807, 2.05) is 37.2 Å². The van der Waals surface area contributed by atoms with Crippen LogP contribution in [0.3, 0.4) is 0 Å². The molecule has 0 N–H and O–H groups in total. The number of thiocarbonyl (C=S) groups is 1.